The molecule has 3 aromatic rings. The van der Waals surface area contributed by atoms with Crippen molar-refractivity contribution in [1.82, 2.24) is 14.9 Å². The van der Waals surface area contributed by atoms with Gasteiger partial charge in [0, 0.05) is 13.1 Å². The molecule has 2 aromatic heterocycles. The number of esters is 1. The third kappa shape index (κ3) is 6.84. The lowest BCUT2D eigenvalue weighted by molar-refractivity contribution is -0.118. The number of nitrogens with zero attached hydrogens (tertiary/aromatic N) is 2. The second-order valence-corrected chi connectivity index (χ2v) is 10.2. The molecule has 9 nitrogen and oxygen atoms in total. The Bertz CT molecular complexity index is 1320. The number of benzene rings is 1. The molecule has 1 amide bonds. The van der Waals surface area contributed by atoms with Crippen molar-refractivity contribution in [1.29, 1.82) is 0 Å². The van der Waals surface area contributed by atoms with Crippen LogP contribution in [0.15, 0.2) is 28.2 Å². The molecule has 0 spiro atoms. The highest BCUT2D eigenvalue weighted by molar-refractivity contribution is 7.99. The van der Waals surface area contributed by atoms with Crippen molar-refractivity contribution in [3.8, 4) is 11.5 Å². The summed E-state index contributed by atoms with van der Waals surface area (Å²) in [6.07, 6.45) is 2.42. The second kappa shape index (κ2) is 13.5. The first-order valence-electron chi connectivity index (χ1n) is 12.2. The van der Waals surface area contributed by atoms with Crippen LogP contribution >= 0.6 is 23.1 Å². The van der Waals surface area contributed by atoms with Gasteiger partial charge in [0.15, 0.2) is 16.7 Å². The molecule has 0 saturated heterocycles. The number of carbonyl (C=O) groups excluding carboxylic acids is 2. The minimum Gasteiger partial charge on any atom is -0.493 e. The van der Waals surface area contributed by atoms with Crippen LogP contribution in [0.5, 0.6) is 11.5 Å². The predicted molar refractivity (Wildman–Crippen MR) is 146 cm³/mol. The fourth-order valence-electron chi connectivity index (χ4n) is 3.76. The number of ether oxygens (including phenoxy) is 3. The van der Waals surface area contributed by atoms with E-state index in [4.69, 9.17) is 19.2 Å². The van der Waals surface area contributed by atoms with Gasteiger partial charge in [0.1, 0.15) is 9.71 Å². The van der Waals surface area contributed by atoms with Crippen molar-refractivity contribution in [2.24, 2.45) is 0 Å². The topological polar surface area (TPSA) is 109 Å². The number of fused-ring (bicyclic) bond motifs is 1. The standard InChI is InChI=1S/C26H33N3O6S2/c1-6-8-12-27-20(30)15-36-26-28-23-21(16(3)22(37-23)25(32)35-7-2)24(31)29(26)13-11-17-9-10-18(33-4)19(14-17)34-5/h9-10,14H,6-8,11-13,15H2,1-5H3,(H,27,30). The molecule has 200 valence electrons. The molecule has 0 aliphatic heterocycles. The van der Waals surface area contributed by atoms with E-state index < -0.39 is 5.97 Å². The minimum atomic E-state index is -0.469. The van der Waals surface area contributed by atoms with E-state index >= 15 is 0 Å². The van der Waals surface area contributed by atoms with Crippen LogP contribution in [0.4, 0.5) is 0 Å². The van der Waals surface area contributed by atoms with Crippen molar-refractivity contribution >= 4 is 45.2 Å². The van der Waals surface area contributed by atoms with Gasteiger partial charge >= 0.3 is 5.97 Å². The summed E-state index contributed by atoms with van der Waals surface area (Å²) in [5.41, 5.74) is 1.26. The molecular weight excluding hydrogens is 514 g/mol. The zero-order chi connectivity index (χ0) is 26.9. The van der Waals surface area contributed by atoms with Crippen LogP contribution in [0.25, 0.3) is 10.2 Å². The number of hydrogen-bond donors (Lipinski definition) is 1. The quantitative estimate of drug-likeness (QED) is 0.147. The molecule has 0 atom stereocenters. The highest BCUT2D eigenvalue weighted by Crippen LogP contribution is 2.31. The Labute approximate surface area is 224 Å². The largest absolute Gasteiger partial charge is 0.493 e. The Morgan fingerprint density at radius 1 is 1.16 bits per heavy atom. The molecule has 0 fully saturated rings. The fraction of sp³-hybridized carbons (Fsp3) is 0.462. The molecule has 0 aliphatic rings. The smallest absolute Gasteiger partial charge is 0.348 e. The van der Waals surface area contributed by atoms with Crippen molar-refractivity contribution in [2.75, 3.05) is 33.1 Å². The molecule has 1 aromatic carbocycles. The summed E-state index contributed by atoms with van der Waals surface area (Å²) in [6, 6.07) is 5.61. The Morgan fingerprint density at radius 3 is 2.59 bits per heavy atom. The number of hydrogen-bond acceptors (Lipinski definition) is 9. The van der Waals surface area contributed by atoms with E-state index in [1.54, 1.807) is 32.6 Å². The van der Waals surface area contributed by atoms with Gasteiger partial charge in [0.25, 0.3) is 5.56 Å². The lowest BCUT2D eigenvalue weighted by atomic mass is 10.1. The zero-order valence-corrected chi connectivity index (χ0v) is 23.5. The van der Waals surface area contributed by atoms with Crippen LogP contribution in [0.3, 0.4) is 0 Å². The molecule has 37 heavy (non-hydrogen) atoms. The van der Waals surface area contributed by atoms with Crippen LogP contribution in [0.1, 0.15) is 47.5 Å². The van der Waals surface area contributed by atoms with E-state index in [0.29, 0.717) is 56.8 Å². The summed E-state index contributed by atoms with van der Waals surface area (Å²) in [6.45, 7) is 6.72. The number of aromatic nitrogens is 2. The first-order valence-corrected chi connectivity index (χ1v) is 14.0. The highest BCUT2D eigenvalue weighted by Gasteiger charge is 2.23. The van der Waals surface area contributed by atoms with Gasteiger partial charge in [0.2, 0.25) is 5.91 Å². The fourth-order valence-corrected chi connectivity index (χ4v) is 5.73. The van der Waals surface area contributed by atoms with Gasteiger partial charge in [-0.2, -0.15) is 0 Å². The average molecular weight is 548 g/mol. The third-order valence-electron chi connectivity index (χ3n) is 5.73. The Morgan fingerprint density at radius 2 is 1.92 bits per heavy atom. The molecule has 11 heteroatoms. The van der Waals surface area contributed by atoms with Crippen LogP contribution in [-0.4, -0.2) is 54.6 Å². The van der Waals surface area contributed by atoms with E-state index in [1.807, 2.05) is 18.2 Å². The normalized spacial score (nSPS) is 10.9. The molecular formula is C26H33N3O6S2. The maximum absolute atomic E-state index is 13.7. The summed E-state index contributed by atoms with van der Waals surface area (Å²) >= 11 is 2.35. The summed E-state index contributed by atoms with van der Waals surface area (Å²) in [4.78, 5) is 44.0. The van der Waals surface area contributed by atoms with Crippen molar-refractivity contribution in [3.63, 3.8) is 0 Å². The summed E-state index contributed by atoms with van der Waals surface area (Å²) in [5.74, 6) is 0.773. The molecule has 2 heterocycles. The van der Waals surface area contributed by atoms with Crippen molar-refractivity contribution in [3.05, 3.63) is 44.6 Å². The lowest BCUT2D eigenvalue weighted by Crippen LogP contribution is -2.28. The second-order valence-electron chi connectivity index (χ2n) is 8.24. The third-order valence-corrected chi connectivity index (χ3v) is 7.88. The highest BCUT2D eigenvalue weighted by atomic mass is 32.2. The summed E-state index contributed by atoms with van der Waals surface area (Å²) in [5, 5.41) is 3.72. The van der Waals surface area contributed by atoms with Crippen LogP contribution in [0, 0.1) is 6.92 Å². The maximum atomic E-state index is 13.7. The number of thiophene rings is 1. The molecule has 3 rings (SSSR count). The van der Waals surface area contributed by atoms with E-state index in [0.717, 1.165) is 29.7 Å². The van der Waals surface area contributed by atoms with Crippen LogP contribution in [0.2, 0.25) is 0 Å². The van der Waals surface area contributed by atoms with E-state index in [9.17, 15) is 14.4 Å². The SMILES string of the molecule is CCCCNC(=O)CSc1nc2sc(C(=O)OCC)c(C)c2c(=O)n1CCc1ccc(OC)c(OC)c1. The number of nitrogens with one attached hydrogen (secondary N) is 1. The van der Waals surface area contributed by atoms with Gasteiger partial charge in [-0.05, 0) is 49.9 Å². The van der Waals surface area contributed by atoms with Gasteiger partial charge in [-0.1, -0.05) is 31.2 Å². The molecule has 0 saturated carbocycles. The first-order chi connectivity index (χ1) is 17.8. The predicted octanol–water partition coefficient (Wildman–Crippen LogP) is 4.21. The molecule has 0 radical (unpaired) electrons. The van der Waals surface area contributed by atoms with Gasteiger partial charge in [-0.3, -0.25) is 14.2 Å². The number of methoxy groups -OCH3 is 2. The van der Waals surface area contributed by atoms with Gasteiger partial charge < -0.3 is 19.5 Å². The molecule has 0 aliphatic carbocycles. The molecule has 0 unspecified atom stereocenters. The van der Waals surface area contributed by atoms with Crippen LogP contribution in [-0.2, 0) is 22.5 Å². The summed E-state index contributed by atoms with van der Waals surface area (Å²) < 4.78 is 17.5. The Hall–Kier alpha value is -3.05. The van der Waals surface area contributed by atoms with Gasteiger partial charge in [-0.15, -0.1) is 11.3 Å². The number of aryl methyl sites for hydroxylation is 2. The average Bonchev–Trinajstić information content (AvgIpc) is 3.23. The number of unbranched alkanes of at least 4 members (excludes halogenated alkanes) is 1. The number of rotatable bonds is 13. The first kappa shape index (κ1) is 28.5. The van der Waals surface area contributed by atoms with E-state index in [-0.39, 0.29) is 23.8 Å². The maximum Gasteiger partial charge on any atom is 0.348 e. The Balaban J connectivity index is 1.97. The van der Waals surface area contributed by atoms with E-state index in [2.05, 4.69) is 12.2 Å². The minimum absolute atomic E-state index is 0.117. The van der Waals surface area contributed by atoms with Crippen molar-refractivity contribution in [2.45, 2.75) is 51.7 Å². The lowest BCUT2D eigenvalue weighted by Gasteiger charge is -2.13. The van der Waals surface area contributed by atoms with Gasteiger partial charge in [-0.25, -0.2) is 9.78 Å². The number of amides is 1. The van der Waals surface area contributed by atoms with Gasteiger partial charge in [0.05, 0.1) is 32.0 Å². The molecule has 1 N–H and O–H groups in total. The molecule has 0 bridgehead atoms. The zero-order valence-electron chi connectivity index (χ0n) is 21.8. The summed E-state index contributed by atoms with van der Waals surface area (Å²) in [7, 11) is 3.15. The Kier molecular flexibility index (Phi) is 10.4. The number of thioether (sulfide) groups is 1. The van der Waals surface area contributed by atoms with Crippen LogP contribution < -0.4 is 20.3 Å². The monoisotopic (exact) mass is 547 g/mol. The van der Waals surface area contributed by atoms with E-state index in [1.165, 1.54) is 11.8 Å². The number of carbonyl (C=O) groups is 2. The van der Waals surface area contributed by atoms with Crippen molar-refractivity contribution < 1.29 is 23.8 Å².